The summed E-state index contributed by atoms with van der Waals surface area (Å²) in [5, 5.41) is 2.76. The highest BCUT2D eigenvalue weighted by Crippen LogP contribution is 2.21. The van der Waals surface area contributed by atoms with Crippen molar-refractivity contribution in [2.24, 2.45) is 0 Å². The van der Waals surface area contributed by atoms with E-state index in [4.69, 9.17) is 9.47 Å². The van der Waals surface area contributed by atoms with Gasteiger partial charge in [0.05, 0.1) is 12.7 Å². The lowest BCUT2D eigenvalue weighted by Gasteiger charge is -2.13. The molecule has 0 heterocycles. The summed E-state index contributed by atoms with van der Waals surface area (Å²) in [5.74, 6) is -0.0403. The standard InChI is InChI=1S/C19H21NO4/c1-12-8-9-13(2)17(10-12)24-11-18(21)20-16-7-5-6-15(14(16)3)19(22)23-4/h5-10H,11H2,1-4H3,(H,20,21). The summed E-state index contributed by atoms with van der Waals surface area (Å²) in [5.41, 5.74) is 3.68. The van der Waals surface area contributed by atoms with Gasteiger partial charge in [-0.3, -0.25) is 4.79 Å². The summed E-state index contributed by atoms with van der Waals surface area (Å²) >= 11 is 0. The van der Waals surface area contributed by atoms with E-state index in [1.54, 1.807) is 25.1 Å². The number of amides is 1. The zero-order valence-corrected chi connectivity index (χ0v) is 14.3. The van der Waals surface area contributed by atoms with Gasteiger partial charge in [-0.1, -0.05) is 18.2 Å². The normalized spacial score (nSPS) is 10.2. The van der Waals surface area contributed by atoms with Gasteiger partial charge in [0, 0.05) is 5.69 Å². The Morgan fingerprint density at radius 3 is 2.54 bits per heavy atom. The fourth-order valence-corrected chi connectivity index (χ4v) is 2.29. The second-order valence-electron chi connectivity index (χ2n) is 5.58. The monoisotopic (exact) mass is 327 g/mol. The number of rotatable bonds is 5. The van der Waals surface area contributed by atoms with Gasteiger partial charge in [-0.15, -0.1) is 0 Å². The molecule has 0 saturated carbocycles. The highest BCUT2D eigenvalue weighted by Gasteiger charge is 2.13. The lowest BCUT2D eigenvalue weighted by atomic mass is 10.1. The fourth-order valence-electron chi connectivity index (χ4n) is 2.29. The van der Waals surface area contributed by atoms with Crippen LogP contribution < -0.4 is 10.1 Å². The van der Waals surface area contributed by atoms with Crippen molar-refractivity contribution in [3.63, 3.8) is 0 Å². The van der Waals surface area contributed by atoms with Crippen molar-refractivity contribution in [1.29, 1.82) is 0 Å². The molecule has 0 saturated heterocycles. The van der Waals surface area contributed by atoms with Crippen LogP contribution in [0.5, 0.6) is 5.75 Å². The van der Waals surface area contributed by atoms with Gasteiger partial charge in [-0.2, -0.15) is 0 Å². The van der Waals surface area contributed by atoms with Gasteiger partial charge in [-0.25, -0.2) is 4.79 Å². The molecular weight excluding hydrogens is 306 g/mol. The first kappa shape index (κ1) is 17.5. The van der Waals surface area contributed by atoms with Crippen molar-refractivity contribution in [3.05, 3.63) is 58.7 Å². The predicted octanol–water partition coefficient (Wildman–Crippen LogP) is 3.42. The maximum Gasteiger partial charge on any atom is 0.338 e. The average Bonchev–Trinajstić information content (AvgIpc) is 2.57. The fraction of sp³-hybridized carbons (Fsp3) is 0.263. The van der Waals surface area contributed by atoms with E-state index in [2.05, 4.69) is 5.32 Å². The molecule has 0 radical (unpaired) electrons. The molecule has 2 aromatic rings. The van der Waals surface area contributed by atoms with Crippen molar-refractivity contribution >= 4 is 17.6 Å². The highest BCUT2D eigenvalue weighted by molar-refractivity contribution is 5.97. The van der Waals surface area contributed by atoms with Crippen LogP contribution in [0, 0.1) is 20.8 Å². The molecule has 0 atom stereocenters. The van der Waals surface area contributed by atoms with Gasteiger partial charge in [0.2, 0.25) is 0 Å². The summed E-state index contributed by atoms with van der Waals surface area (Å²) in [6.45, 7) is 5.55. The predicted molar refractivity (Wildman–Crippen MR) is 92.6 cm³/mol. The summed E-state index contributed by atoms with van der Waals surface area (Å²) in [7, 11) is 1.32. The molecule has 24 heavy (non-hydrogen) atoms. The molecule has 0 unspecified atom stereocenters. The summed E-state index contributed by atoms with van der Waals surface area (Å²) < 4.78 is 10.3. The van der Waals surface area contributed by atoms with Crippen molar-refractivity contribution in [1.82, 2.24) is 0 Å². The first-order valence-corrected chi connectivity index (χ1v) is 7.60. The van der Waals surface area contributed by atoms with Crippen LogP contribution in [0.2, 0.25) is 0 Å². The SMILES string of the molecule is COC(=O)c1cccc(NC(=O)COc2cc(C)ccc2C)c1C. The number of anilines is 1. The number of carbonyl (C=O) groups is 2. The third kappa shape index (κ3) is 4.13. The van der Waals surface area contributed by atoms with Gasteiger partial charge in [0.1, 0.15) is 5.75 Å². The molecule has 0 aliphatic rings. The largest absolute Gasteiger partial charge is 0.483 e. The molecule has 0 bridgehead atoms. The molecular formula is C19H21NO4. The van der Waals surface area contributed by atoms with E-state index in [9.17, 15) is 9.59 Å². The smallest absolute Gasteiger partial charge is 0.338 e. The number of benzene rings is 2. The highest BCUT2D eigenvalue weighted by atomic mass is 16.5. The number of hydrogen-bond donors (Lipinski definition) is 1. The Morgan fingerprint density at radius 2 is 1.83 bits per heavy atom. The Kier molecular flexibility index (Phi) is 5.58. The molecule has 2 rings (SSSR count). The Hall–Kier alpha value is -2.82. The van der Waals surface area contributed by atoms with E-state index < -0.39 is 5.97 Å². The molecule has 5 heteroatoms. The van der Waals surface area contributed by atoms with Crippen LogP contribution in [0.3, 0.4) is 0 Å². The molecule has 2 aromatic carbocycles. The van der Waals surface area contributed by atoms with E-state index >= 15 is 0 Å². The average molecular weight is 327 g/mol. The number of aryl methyl sites for hydroxylation is 2. The molecule has 1 amide bonds. The van der Waals surface area contributed by atoms with Crippen LogP contribution in [0.1, 0.15) is 27.0 Å². The minimum absolute atomic E-state index is 0.105. The Morgan fingerprint density at radius 1 is 1.08 bits per heavy atom. The Bertz CT molecular complexity index is 768. The van der Waals surface area contributed by atoms with Crippen molar-refractivity contribution < 1.29 is 19.1 Å². The first-order valence-electron chi connectivity index (χ1n) is 7.60. The quantitative estimate of drug-likeness (QED) is 0.855. The second kappa shape index (κ2) is 7.64. The van der Waals surface area contributed by atoms with Crippen LogP contribution in [0.4, 0.5) is 5.69 Å². The summed E-state index contributed by atoms with van der Waals surface area (Å²) in [6.07, 6.45) is 0. The van der Waals surface area contributed by atoms with Gasteiger partial charge < -0.3 is 14.8 Å². The van der Waals surface area contributed by atoms with Crippen LogP contribution in [-0.4, -0.2) is 25.6 Å². The molecule has 0 aliphatic carbocycles. The molecule has 0 spiro atoms. The first-order chi connectivity index (χ1) is 11.4. The van der Waals surface area contributed by atoms with E-state index in [0.717, 1.165) is 11.1 Å². The van der Waals surface area contributed by atoms with Gasteiger partial charge in [0.25, 0.3) is 5.91 Å². The van der Waals surface area contributed by atoms with Gasteiger partial charge in [-0.05, 0) is 55.7 Å². The molecule has 1 N–H and O–H groups in total. The van der Waals surface area contributed by atoms with E-state index in [1.807, 2.05) is 32.0 Å². The third-order valence-electron chi connectivity index (χ3n) is 3.72. The number of carbonyl (C=O) groups excluding carboxylic acids is 2. The van der Waals surface area contributed by atoms with E-state index in [1.165, 1.54) is 7.11 Å². The topological polar surface area (TPSA) is 64.6 Å². The molecule has 0 aliphatic heterocycles. The van der Waals surface area contributed by atoms with Crippen molar-refractivity contribution in [2.45, 2.75) is 20.8 Å². The van der Waals surface area contributed by atoms with E-state index in [0.29, 0.717) is 22.6 Å². The maximum absolute atomic E-state index is 12.1. The Labute approximate surface area is 141 Å². The third-order valence-corrected chi connectivity index (χ3v) is 3.72. The minimum Gasteiger partial charge on any atom is -0.483 e. The van der Waals surface area contributed by atoms with Crippen LogP contribution in [0.25, 0.3) is 0 Å². The minimum atomic E-state index is -0.435. The zero-order chi connectivity index (χ0) is 17.7. The lowest BCUT2D eigenvalue weighted by molar-refractivity contribution is -0.118. The number of nitrogens with one attached hydrogen (secondary N) is 1. The van der Waals surface area contributed by atoms with Crippen molar-refractivity contribution in [3.8, 4) is 5.75 Å². The molecule has 5 nitrogen and oxygen atoms in total. The van der Waals surface area contributed by atoms with Gasteiger partial charge >= 0.3 is 5.97 Å². The number of ether oxygens (including phenoxy) is 2. The van der Waals surface area contributed by atoms with Crippen LogP contribution in [-0.2, 0) is 9.53 Å². The number of esters is 1. The Balaban J connectivity index is 2.05. The van der Waals surface area contributed by atoms with E-state index in [-0.39, 0.29) is 12.5 Å². The van der Waals surface area contributed by atoms with Gasteiger partial charge in [0.15, 0.2) is 6.61 Å². The lowest BCUT2D eigenvalue weighted by Crippen LogP contribution is -2.21. The summed E-state index contributed by atoms with van der Waals surface area (Å²) in [6, 6.07) is 10.9. The maximum atomic E-state index is 12.1. The molecule has 126 valence electrons. The van der Waals surface area contributed by atoms with Crippen LogP contribution >= 0.6 is 0 Å². The number of hydrogen-bond acceptors (Lipinski definition) is 4. The van der Waals surface area contributed by atoms with Crippen LogP contribution in [0.15, 0.2) is 36.4 Å². The molecule has 0 fully saturated rings. The summed E-state index contributed by atoms with van der Waals surface area (Å²) in [4.78, 5) is 23.8. The molecule has 0 aromatic heterocycles. The zero-order valence-electron chi connectivity index (χ0n) is 14.3. The van der Waals surface area contributed by atoms with Crippen molar-refractivity contribution in [2.75, 3.05) is 19.0 Å². The number of methoxy groups -OCH3 is 1. The second-order valence-corrected chi connectivity index (χ2v) is 5.58.